The van der Waals surface area contributed by atoms with Crippen LogP contribution in [0, 0.1) is 40.5 Å². The summed E-state index contributed by atoms with van der Waals surface area (Å²) in [6.07, 6.45) is -0.703. The van der Waals surface area contributed by atoms with Gasteiger partial charge in [0.2, 0.25) is 0 Å². The zero-order valence-electron chi connectivity index (χ0n) is 20.9. The van der Waals surface area contributed by atoms with Gasteiger partial charge in [-0.25, -0.2) is 4.79 Å². The number of aliphatic hydroxyl groups is 1. The highest BCUT2D eigenvalue weighted by atomic mass is 16.6. The van der Waals surface area contributed by atoms with Crippen molar-refractivity contribution in [3.63, 3.8) is 0 Å². The number of nitrogens with zero attached hydrogens (tertiary/aromatic N) is 5. The molecule has 0 heterocycles. The summed E-state index contributed by atoms with van der Waals surface area (Å²) in [5, 5.41) is 59.4. The fraction of sp³-hybridized carbons (Fsp3) is 0.304. The highest BCUT2D eigenvalue weighted by molar-refractivity contribution is 6.27. The lowest BCUT2D eigenvalue weighted by atomic mass is 10.0. The third-order valence-electron chi connectivity index (χ3n) is 5.70. The summed E-state index contributed by atoms with van der Waals surface area (Å²) >= 11 is 0. The Balaban J connectivity index is 1.92. The van der Waals surface area contributed by atoms with Crippen LogP contribution in [0.1, 0.15) is 24.5 Å². The maximum Gasteiger partial charge on any atom is 0.333 e. The predicted octanol–water partition coefficient (Wildman–Crippen LogP) is 2.60. The molecule has 0 bridgehead atoms. The van der Waals surface area contributed by atoms with Gasteiger partial charge in [0.25, 0.3) is 22.7 Å². The van der Waals surface area contributed by atoms with E-state index in [1.54, 1.807) is 0 Å². The number of esters is 1. The maximum absolute atomic E-state index is 11.8. The summed E-state index contributed by atoms with van der Waals surface area (Å²) in [4.78, 5) is 58.7. The number of rotatable bonds is 13. The highest BCUT2D eigenvalue weighted by Crippen LogP contribution is 2.50. The van der Waals surface area contributed by atoms with Crippen LogP contribution in [0.15, 0.2) is 41.4 Å². The summed E-state index contributed by atoms with van der Waals surface area (Å²) in [5.41, 5.74) is -3.67. The van der Waals surface area contributed by atoms with Gasteiger partial charge in [-0.3, -0.25) is 45.4 Å². The molecule has 0 saturated heterocycles. The first kappa shape index (κ1) is 29.4. The number of non-ortho nitro benzene ring substituents is 2. The first-order valence-corrected chi connectivity index (χ1v) is 11.5. The molecule has 1 unspecified atom stereocenters. The van der Waals surface area contributed by atoms with Gasteiger partial charge in [-0.15, -0.1) is 0 Å². The van der Waals surface area contributed by atoms with Gasteiger partial charge in [-0.1, -0.05) is 6.58 Å². The summed E-state index contributed by atoms with van der Waals surface area (Å²) in [6.45, 7) is 4.98. The SMILES string of the molecule is C=C(C)C(=O)OCC(O)CNCCCN=C1c2cc([N+](=O)[O-])cc([N+](=O)[O-])c2-c2c1cc([N+](=O)[O-])cc2[N+](=O)[O-]. The maximum atomic E-state index is 11.8. The number of fused-ring (bicyclic) bond motifs is 3. The Hall–Kier alpha value is -5.16. The second kappa shape index (κ2) is 12.1. The van der Waals surface area contributed by atoms with Crippen molar-refractivity contribution in [2.75, 3.05) is 26.2 Å². The molecule has 2 aromatic rings. The molecule has 17 heteroatoms. The summed E-state index contributed by atoms with van der Waals surface area (Å²) in [6, 6.07) is 3.30. The van der Waals surface area contributed by atoms with E-state index in [9.17, 15) is 50.4 Å². The average Bonchev–Trinajstić information content (AvgIpc) is 3.20. The van der Waals surface area contributed by atoms with E-state index in [0.717, 1.165) is 12.1 Å². The van der Waals surface area contributed by atoms with Crippen molar-refractivity contribution >= 4 is 34.4 Å². The molecule has 1 atom stereocenters. The van der Waals surface area contributed by atoms with Crippen molar-refractivity contribution in [1.82, 2.24) is 5.32 Å². The van der Waals surface area contributed by atoms with Crippen molar-refractivity contribution in [2.45, 2.75) is 19.4 Å². The van der Waals surface area contributed by atoms with Gasteiger partial charge in [0.1, 0.15) is 12.7 Å². The Bertz CT molecular complexity index is 1390. The van der Waals surface area contributed by atoms with Gasteiger partial charge in [0, 0.05) is 41.9 Å². The number of carbonyl (C=O) groups excluding carboxylic acids is 1. The largest absolute Gasteiger partial charge is 0.460 e. The van der Waals surface area contributed by atoms with E-state index in [1.165, 1.54) is 6.92 Å². The minimum atomic E-state index is -1.01. The number of nitro benzene ring substituents is 4. The number of hydrogen-bond donors (Lipinski definition) is 2. The fourth-order valence-corrected chi connectivity index (χ4v) is 3.95. The number of nitro groups is 4. The van der Waals surface area contributed by atoms with Crippen LogP contribution in [-0.2, 0) is 9.53 Å². The van der Waals surface area contributed by atoms with Crippen molar-refractivity contribution in [1.29, 1.82) is 0 Å². The molecule has 0 aliphatic heterocycles. The summed E-state index contributed by atoms with van der Waals surface area (Å²) in [5.74, 6) is -0.645. The van der Waals surface area contributed by atoms with Crippen molar-refractivity contribution in [2.24, 2.45) is 4.99 Å². The van der Waals surface area contributed by atoms with Gasteiger partial charge in [0.15, 0.2) is 0 Å². The molecule has 1 aliphatic rings. The molecule has 0 amide bonds. The second-order valence-electron chi connectivity index (χ2n) is 8.62. The van der Waals surface area contributed by atoms with E-state index in [2.05, 4.69) is 16.9 Å². The third-order valence-corrected chi connectivity index (χ3v) is 5.70. The van der Waals surface area contributed by atoms with Crippen LogP contribution in [-0.4, -0.2) is 68.8 Å². The average molecular weight is 558 g/mol. The third kappa shape index (κ3) is 6.27. The van der Waals surface area contributed by atoms with Crippen LogP contribution in [0.3, 0.4) is 0 Å². The molecule has 0 spiro atoms. The predicted molar refractivity (Wildman–Crippen MR) is 138 cm³/mol. The molecule has 0 saturated carbocycles. The molecule has 40 heavy (non-hydrogen) atoms. The van der Waals surface area contributed by atoms with Crippen molar-refractivity contribution in [3.05, 3.63) is 88.0 Å². The lowest BCUT2D eigenvalue weighted by Crippen LogP contribution is -2.32. The van der Waals surface area contributed by atoms with Crippen LogP contribution in [0.4, 0.5) is 22.7 Å². The van der Waals surface area contributed by atoms with E-state index in [-0.39, 0.29) is 59.8 Å². The summed E-state index contributed by atoms with van der Waals surface area (Å²) in [7, 11) is 0. The number of aliphatic imine (C=N–C) groups is 1. The van der Waals surface area contributed by atoms with Crippen LogP contribution in [0.2, 0.25) is 0 Å². The molecule has 1 aliphatic carbocycles. The van der Waals surface area contributed by atoms with E-state index >= 15 is 0 Å². The van der Waals surface area contributed by atoms with E-state index < -0.39 is 54.5 Å². The van der Waals surface area contributed by atoms with Gasteiger partial charge in [-0.05, 0) is 19.9 Å². The molecular weight excluding hydrogens is 536 g/mol. The molecule has 2 N–H and O–H groups in total. The molecule has 3 rings (SSSR count). The molecule has 0 aromatic heterocycles. The normalized spacial score (nSPS) is 12.2. The van der Waals surface area contributed by atoms with Crippen molar-refractivity contribution in [3.8, 4) is 11.1 Å². The molecule has 17 nitrogen and oxygen atoms in total. The lowest BCUT2D eigenvalue weighted by Gasteiger charge is -2.12. The number of hydrogen-bond acceptors (Lipinski definition) is 13. The Morgan fingerprint density at radius 3 is 1.88 bits per heavy atom. The molecule has 210 valence electrons. The number of carbonyl (C=O) groups is 1. The zero-order chi connectivity index (χ0) is 29.7. The van der Waals surface area contributed by atoms with E-state index in [4.69, 9.17) is 4.74 Å². The lowest BCUT2D eigenvalue weighted by molar-refractivity contribution is -0.395. The monoisotopic (exact) mass is 558 g/mol. The number of ether oxygens (including phenoxy) is 1. The molecule has 0 radical (unpaired) electrons. The van der Waals surface area contributed by atoms with Crippen LogP contribution >= 0.6 is 0 Å². The van der Waals surface area contributed by atoms with E-state index in [0.29, 0.717) is 18.6 Å². The zero-order valence-corrected chi connectivity index (χ0v) is 20.9. The Labute approximate surface area is 224 Å². The Morgan fingerprint density at radius 1 is 0.950 bits per heavy atom. The van der Waals surface area contributed by atoms with Gasteiger partial charge < -0.3 is 15.2 Å². The van der Waals surface area contributed by atoms with E-state index in [1.807, 2.05) is 0 Å². The minimum absolute atomic E-state index is 0.00886. The standard InChI is InChI=1S/C23H22N6O11/c1-12(2)23(31)40-11-15(30)10-24-4-3-5-25-22-16-6-13(26(32)33)8-18(28(36)37)20(16)21-17(22)7-14(27(34)35)9-19(21)29(38)39/h6-9,15,24,30H,1,3-5,10-11H2,2H3. The van der Waals surface area contributed by atoms with Gasteiger partial charge in [-0.2, -0.15) is 0 Å². The smallest absolute Gasteiger partial charge is 0.333 e. The first-order valence-electron chi connectivity index (χ1n) is 11.5. The summed E-state index contributed by atoms with van der Waals surface area (Å²) < 4.78 is 4.84. The Morgan fingerprint density at radius 2 is 1.45 bits per heavy atom. The fourth-order valence-electron chi connectivity index (χ4n) is 3.95. The molecule has 2 aromatic carbocycles. The second-order valence-corrected chi connectivity index (χ2v) is 8.62. The van der Waals surface area contributed by atoms with Crippen LogP contribution < -0.4 is 5.32 Å². The van der Waals surface area contributed by atoms with Crippen LogP contribution in [0.5, 0.6) is 0 Å². The topological polar surface area (TPSA) is 243 Å². The first-order chi connectivity index (χ1) is 18.8. The number of benzene rings is 2. The Kier molecular flexibility index (Phi) is 8.92. The molecular formula is C23H22N6O11. The number of aliphatic hydroxyl groups excluding tert-OH is 1. The van der Waals surface area contributed by atoms with Gasteiger partial charge >= 0.3 is 5.97 Å². The molecule has 0 fully saturated rings. The minimum Gasteiger partial charge on any atom is -0.460 e. The highest BCUT2D eigenvalue weighted by Gasteiger charge is 2.41. The van der Waals surface area contributed by atoms with Crippen molar-refractivity contribution < 1.29 is 34.3 Å². The van der Waals surface area contributed by atoms with Gasteiger partial charge in [0.05, 0.1) is 48.7 Å². The quantitative estimate of drug-likeness (QED) is 0.101. The van der Waals surface area contributed by atoms with Crippen LogP contribution in [0.25, 0.3) is 11.1 Å². The number of nitrogens with one attached hydrogen (secondary N) is 1.